The summed E-state index contributed by atoms with van der Waals surface area (Å²) in [5, 5.41) is 5.40. The minimum atomic E-state index is -3.92. The Morgan fingerprint density at radius 2 is 1.79 bits per heavy atom. The van der Waals surface area contributed by atoms with Crippen molar-refractivity contribution < 1.29 is 8.42 Å². The molecule has 4 rings (SSSR count). The van der Waals surface area contributed by atoms with Crippen LogP contribution in [0.5, 0.6) is 0 Å². The lowest BCUT2D eigenvalue weighted by molar-refractivity contribution is 0.541. The lowest BCUT2D eigenvalue weighted by atomic mass is 9.99. The second-order valence-corrected chi connectivity index (χ2v) is 6.72. The Morgan fingerprint density at radius 3 is 2.54 bits per heavy atom. The number of hydrogen-bond donors (Lipinski definition) is 6. The van der Waals surface area contributed by atoms with E-state index in [0.29, 0.717) is 22.3 Å². The number of nitrogens with zero attached hydrogens (tertiary/aromatic N) is 2. The Hall–Kier alpha value is -2.41. The van der Waals surface area contributed by atoms with Crippen molar-refractivity contribution in [1.29, 1.82) is 0 Å². The average Bonchev–Trinajstić information content (AvgIpc) is 3.23. The molecular weight excluding hydrogens is 332 g/mol. The smallest absolute Gasteiger partial charge is 0.238 e. The molecule has 1 aliphatic rings. The van der Waals surface area contributed by atoms with Crippen LogP contribution in [0.25, 0.3) is 22.3 Å². The molecule has 1 aliphatic heterocycles. The number of benzene rings is 1. The number of nitrogens with one attached hydrogen (secondary N) is 5. The second-order valence-electron chi connectivity index (χ2n) is 5.19. The van der Waals surface area contributed by atoms with Crippen molar-refractivity contribution in [3.8, 4) is 11.1 Å². The van der Waals surface area contributed by atoms with Gasteiger partial charge in [-0.15, -0.1) is 0 Å². The number of rotatable bonds is 3. The van der Waals surface area contributed by atoms with Gasteiger partial charge >= 0.3 is 0 Å². The largest absolute Gasteiger partial charge is 0.344 e. The van der Waals surface area contributed by atoms with E-state index in [1.54, 1.807) is 24.7 Å². The van der Waals surface area contributed by atoms with Gasteiger partial charge in [0.1, 0.15) is 11.7 Å². The normalized spacial score (nSPS) is 16.0. The highest BCUT2D eigenvalue weighted by Gasteiger charge is 2.27. The van der Waals surface area contributed by atoms with Gasteiger partial charge < -0.3 is 4.98 Å². The molecule has 10 nitrogen and oxygen atoms in total. The molecule has 0 atom stereocenters. The number of sulfonamides is 1. The summed E-state index contributed by atoms with van der Waals surface area (Å²) < 4.78 is 24.1. The van der Waals surface area contributed by atoms with Gasteiger partial charge in [-0.25, -0.2) is 29.4 Å². The van der Waals surface area contributed by atoms with Crippen LogP contribution in [0.4, 0.5) is 0 Å². The maximum atomic E-state index is 12.0. The van der Waals surface area contributed by atoms with Crippen LogP contribution in [-0.2, 0) is 10.0 Å². The average molecular weight is 346 g/mol. The van der Waals surface area contributed by atoms with Gasteiger partial charge in [-0.1, -0.05) is 12.1 Å². The van der Waals surface area contributed by atoms with Crippen molar-refractivity contribution in [3.63, 3.8) is 0 Å². The van der Waals surface area contributed by atoms with Crippen molar-refractivity contribution in [2.24, 2.45) is 5.14 Å². The van der Waals surface area contributed by atoms with Crippen molar-refractivity contribution in [2.75, 3.05) is 0 Å². The molecule has 3 heterocycles. The first-order valence-electron chi connectivity index (χ1n) is 7.01. The summed E-state index contributed by atoms with van der Waals surface area (Å²) in [7, 11) is -3.92. The zero-order valence-corrected chi connectivity index (χ0v) is 13.1. The van der Waals surface area contributed by atoms with Gasteiger partial charge in [0, 0.05) is 29.7 Å². The molecule has 0 bridgehead atoms. The summed E-state index contributed by atoms with van der Waals surface area (Å²) in [5.41, 5.74) is 14.3. The monoisotopic (exact) mass is 346 g/mol. The number of H-pyrrole nitrogens is 1. The highest BCUT2D eigenvalue weighted by molar-refractivity contribution is 7.89. The van der Waals surface area contributed by atoms with Crippen LogP contribution in [-0.4, -0.2) is 23.4 Å². The molecule has 1 aromatic carbocycles. The number of hydrogen-bond acceptors (Lipinski definition) is 8. The van der Waals surface area contributed by atoms with Gasteiger partial charge in [-0.3, -0.25) is 4.98 Å². The number of nitrogens with two attached hydrogens (primary N) is 1. The summed E-state index contributed by atoms with van der Waals surface area (Å²) in [6.07, 6.45) is 4.39. The van der Waals surface area contributed by atoms with Crippen molar-refractivity contribution in [1.82, 2.24) is 36.9 Å². The van der Waals surface area contributed by atoms with Crippen LogP contribution in [0.15, 0.2) is 41.7 Å². The molecule has 7 N–H and O–H groups in total. The zero-order valence-electron chi connectivity index (χ0n) is 12.2. The van der Waals surface area contributed by atoms with Crippen LogP contribution >= 0.6 is 0 Å². The van der Waals surface area contributed by atoms with Crippen molar-refractivity contribution in [3.05, 3.63) is 42.4 Å². The first kappa shape index (κ1) is 15.1. The summed E-state index contributed by atoms with van der Waals surface area (Å²) >= 11 is 0. The molecule has 0 aliphatic carbocycles. The molecular formula is C13H14N8O2S. The summed E-state index contributed by atoms with van der Waals surface area (Å²) in [5.74, 6) is 0. The number of fused-ring (bicyclic) bond motifs is 1. The lowest BCUT2D eigenvalue weighted by Gasteiger charge is -2.18. The van der Waals surface area contributed by atoms with Gasteiger partial charge in [-0.2, -0.15) is 11.1 Å². The molecule has 0 saturated carbocycles. The minimum absolute atomic E-state index is 0.0220. The van der Waals surface area contributed by atoms with E-state index in [1.165, 1.54) is 6.07 Å². The lowest BCUT2D eigenvalue weighted by Crippen LogP contribution is -2.33. The van der Waals surface area contributed by atoms with E-state index in [2.05, 4.69) is 36.9 Å². The first-order valence-corrected chi connectivity index (χ1v) is 8.55. The van der Waals surface area contributed by atoms with Crippen LogP contribution in [0, 0.1) is 0 Å². The summed E-state index contributed by atoms with van der Waals surface area (Å²) in [4.78, 5) is 11.6. The molecule has 2 aromatic heterocycles. The Balaban J connectivity index is 2.01. The summed E-state index contributed by atoms with van der Waals surface area (Å²) in [6, 6.07) is 4.92. The van der Waals surface area contributed by atoms with E-state index in [-0.39, 0.29) is 4.90 Å². The van der Waals surface area contributed by atoms with E-state index in [0.717, 1.165) is 5.56 Å². The van der Waals surface area contributed by atoms with E-state index in [4.69, 9.17) is 5.14 Å². The Kier molecular flexibility index (Phi) is 3.53. The number of aromatic nitrogens is 3. The van der Waals surface area contributed by atoms with Gasteiger partial charge in [0.25, 0.3) is 0 Å². The third-order valence-electron chi connectivity index (χ3n) is 3.75. The third kappa shape index (κ3) is 2.45. The molecule has 24 heavy (non-hydrogen) atoms. The zero-order chi connectivity index (χ0) is 16.7. The molecule has 0 unspecified atom stereocenters. The first-order chi connectivity index (χ1) is 11.6. The van der Waals surface area contributed by atoms with Crippen molar-refractivity contribution in [2.45, 2.75) is 11.1 Å². The van der Waals surface area contributed by atoms with Crippen LogP contribution in [0.3, 0.4) is 0 Å². The molecule has 0 amide bonds. The Bertz CT molecular complexity index is 1010. The molecule has 1 fully saturated rings. The predicted octanol–water partition coefficient (Wildman–Crippen LogP) is -0.612. The maximum absolute atomic E-state index is 12.0. The van der Waals surface area contributed by atoms with Crippen molar-refractivity contribution >= 4 is 21.2 Å². The van der Waals surface area contributed by atoms with E-state index >= 15 is 0 Å². The Labute approximate surface area is 136 Å². The fourth-order valence-electron chi connectivity index (χ4n) is 2.78. The second kappa shape index (κ2) is 5.59. The van der Waals surface area contributed by atoms with E-state index < -0.39 is 16.2 Å². The topological polar surface area (TPSA) is 150 Å². The fourth-order valence-corrected chi connectivity index (χ4v) is 3.58. The molecule has 0 spiro atoms. The SMILES string of the molecule is NS(=O)(=O)c1cccc(-c2c[nH]c3nccnc23)c1C1NNNN1. The molecule has 124 valence electrons. The third-order valence-corrected chi connectivity index (χ3v) is 4.72. The molecule has 11 heteroatoms. The van der Waals surface area contributed by atoms with Crippen LogP contribution in [0.1, 0.15) is 11.7 Å². The van der Waals surface area contributed by atoms with Gasteiger partial charge in [-0.05, 0) is 11.6 Å². The quantitative estimate of drug-likeness (QED) is 0.368. The van der Waals surface area contributed by atoms with Gasteiger partial charge in [0.15, 0.2) is 5.65 Å². The molecule has 1 saturated heterocycles. The van der Waals surface area contributed by atoms with Crippen LogP contribution < -0.4 is 27.1 Å². The summed E-state index contributed by atoms with van der Waals surface area (Å²) in [6.45, 7) is 0. The maximum Gasteiger partial charge on any atom is 0.238 e. The standard InChI is InChI=1S/C13H14N8O2S/c14-24(22,23)9-3-1-2-7(10(9)12-18-20-21-19-12)8-6-17-13-11(8)15-4-5-16-13/h1-6,12,18-21H,(H,16,17)(H2,14,22,23). The Morgan fingerprint density at radius 1 is 1.04 bits per heavy atom. The predicted molar refractivity (Wildman–Crippen MR) is 86.0 cm³/mol. The highest BCUT2D eigenvalue weighted by atomic mass is 32.2. The number of primary sulfonamides is 1. The number of aromatic amines is 1. The molecule has 0 radical (unpaired) electrons. The van der Waals surface area contributed by atoms with Gasteiger partial charge in [0.2, 0.25) is 10.0 Å². The minimum Gasteiger partial charge on any atom is -0.344 e. The highest BCUT2D eigenvalue weighted by Crippen LogP contribution is 2.35. The fraction of sp³-hybridized carbons (Fsp3) is 0.0769. The molecule has 3 aromatic rings. The van der Waals surface area contributed by atoms with Crippen LogP contribution in [0.2, 0.25) is 0 Å². The number of hydrazine groups is 3. The van der Waals surface area contributed by atoms with E-state index in [1.807, 2.05) is 6.07 Å². The van der Waals surface area contributed by atoms with Gasteiger partial charge in [0.05, 0.1) is 4.90 Å². The van der Waals surface area contributed by atoms with E-state index in [9.17, 15) is 8.42 Å².